The highest BCUT2D eigenvalue weighted by molar-refractivity contribution is 5.87. The molecule has 3 N–H and O–H groups in total. The van der Waals surface area contributed by atoms with Gasteiger partial charge in [0.1, 0.15) is 11.4 Å². The fraction of sp³-hybridized carbons (Fsp3) is 0.609. The molecule has 1 atom stereocenters. The summed E-state index contributed by atoms with van der Waals surface area (Å²) >= 11 is 0. The number of anilines is 1. The Morgan fingerprint density at radius 1 is 1.32 bits per heavy atom. The molecule has 2 heterocycles. The molecule has 186 valence electrons. The quantitative estimate of drug-likeness (QED) is 0.637. The lowest BCUT2D eigenvalue weighted by Crippen LogP contribution is -2.45. The van der Waals surface area contributed by atoms with Crippen molar-refractivity contribution in [1.29, 1.82) is 0 Å². The monoisotopic (exact) mass is 479 g/mol. The number of nitrogens with zero attached hydrogens (tertiary/aromatic N) is 3. The topological polar surface area (TPSA) is 112 Å². The van der Waals surface area contributed by atoms with Crippen molar-refractivity contribution < 1.29 is 18.3 Å². The number of alkyl carbamates (subject to hydrolysis) is 1. The molecule has 1 aromatic heterocycles. The molecule has 2 aromatic rings. The van der Waals surface area contributed by atoms with Crippen LogP contribution in [0.2, 0.25) is 0 Å². The van der Waals surface area contributed by atoms with E-state index in [-0.39, 0.29) is 30.2 Å². The number of alkyl halides is 1. The average Bonchev–Trinajstić information content (AvgIpc) is 3.50. The normalized spacial score (nSPS) is 20.7. The molecule has 4 rings (SSSR count). The summed E-state index contributed by atoms with van der Waals surface area (Å²) in [5.41, 5.74) is -1.97. The Morgan fingerprint density at radius 2 is 2.00 bits per heavy atom. The average molecular weight is 480 g/mol. The lowest BCUT2D eigenvalue weighted by Gasteiger charge is -2.29. The minimum absolute atomic E-state index is 0.0355. The Balaban J connectivity index is 1.69. The highest BCUT2D eigenvalue weighted by Crippen LogP contribution is 2.41. The molecule has 1 saturated heterocycles. The van der Waals surface area contributed by atoms with Crippen LogP contribution in [0.3, 0.4) is 0 Å². The number of nitrogens with one attached hydrogen (secondary N) is 1. The molecule has 1 aliphatic heterocycles. The summed E-state index contributed by atoms with van der Waals surface area (Å²) in [6.45, 7) is 6.71. The molecule has 0 unspecified atom stereocenters. The van der Waals surface area contributed by atoms with Crippen molar-refractivity contribution >= 4 is 22.7 Å². The minimum atomic E-state index is -0.915. The molecule has 11 heteroatoms. The van der Waals surface area contributed by atoms with E-state index in [1.54, 1.807) is 32.6 Å². The molecule has 0 spiro atoms. The van der Waals surface area contributed by atoms with Crippen molar-refractivity contribution in [2.45, 2.75) is 58.6 Å². The van der Waals surface area contributed by atoms with E-state index in [4.69, 9.17) is 10.6 Å². The summed E-state index contributed by atoms with van der Waals surface area (Å²) in [4.78, 5) is 39.2. The van der Waals surface area contributed by atoms with Gasteiger partial charge in [-0.1, -0.05) is 0 Å². The molecular weight excluding hydrogens is 448 g/mol. The number of hydrogen-bond acceptors (Lipinski definition) is 6. The number of halogens is 2. The zero-order valence-electron chi connectivity index (χ0n) is 19.9. The first kappa shape index (κ1) is 24.0. The van der Waals surface area contributed by atoms with Gasteiger partial charge in [-0.05, 0) is 53.0 Å². The van der Waals surface area contributed by atoms with Crippen LogP contribution in [0.5, 0.6) is 0 Å². The van der Waals surface area contributed by atoms with Crippen LogP contribution in [0.1, 0.15) is 51.6 Å². The van der Waals surface area contributed by atoms with E-state index in [0.717, 1.165) is 18.9 Å². The van der Waals surface area contributed by atoms with Gasteiger partial charge in [-0.2, -0.15) is 4.68 Å². The van der Waals surface area contributed by atoms with Crippen LogP contribution in [0, 0.1) is 18.2 Å². The van der Waals surface area contributed by atoms with Crippen molar-refractivity contribution in [3.05, 3.63) is 38.3 Å². The lowest BCUT2D eigenvalue weighted by atomic mass is 9.89. The number of nitrogen functional groups attached to an aromatic ring is 1. The lowest BCUT2D eigenvalue weighted by molar-refractivity contribution is 0.0496. The van der Waals surface area contributed by atoms with Gasteiger partial charge in [0, 0.05) is 36.7 Å². The summed E-state index contributed by atoms with van der Waals surface area (Å²) in [7, 11) is 0. The molecule has 2 aliphatic rings. The van der Waals surface area contributed by atoms with E-state index in [1.165, 1.54) is 4.57 Å². The minimum Gasteiger partial charge on any atom is -0.444 e. The van der Waals surface area contributed by atoms with E-state index in [2.05, 4.69) is 5.32 Å². The van der Waals surface area contributed by atoms with Gasteiger partial charge in [0.15, 0.2) is 0 Å². The van der Waals surface area contributed by atoms with Crippen LogP contribution in [0.25, 0.3) is 10.9 Å². The fourth-order valence-corrected chi connectivity index (χ4v) is 4.72. The van der Waals surface area contributed by atoms with E-state index in [1.807, 2.05) is 0 Å². The number of rotatable bonds is 5. The van der Waals surface area contributed by atoms with Crippen molar-refractivity contribution in [1.82, 2.24) is 14.6 Å². The van der Waals surface area contributed by atoms with Crippen LogP contribution in [0.4, 0.5) is 19.3 Å². The van der Waals surface area contributed by atoms with Crippen molar-refractivity contribution in [3.8, 4) is 0 Å². The molecule has 1 aromatic carbocycles. The maximum atomic E-state index is 15.3. The number of amides is 1. The summed E-state index contributed by atoms with van der Waals surface area (Å²) in [5.74, 6) is 5.03. The highest BCUT2D eigenvalue weighted by atomic mass is 19.1. The van der Waals surface area contributed by atoms with Crippen LogP contribution in [-0.4, -0.2) is 47.2 Å². The Labute approximate surface area is 195 Å². The Hall–Kier alpha value is -3.11. The van der Waals surface area contributed by atoms with Crippen molar-refractivity contribution in [2.75, 3.05) is 37.1 Å². The van der Waals surface area contributed by atoms with E-state index >= 15 is 4.39 Å². The van der Waals surface area contributed by atoms with Crippen molar-refractivity contribution in [3.63, 3.8) is 0 Å². The maximum Gasteiger partial charge on any atom is 0.407 e. The third-order valence-corrected chi connectivity index (χ3v) is 6.52. The maximum absolute atomic E-state index is 15.3. The number of nitrogens with two attached hydrogens (primary N) is 1. The van der Waals surface area contributed by atoms with Crippen LogP contribution in [0.15, 0.2) is 15.7 Å². The molecule has 0 bridgehead atoms. The number of benzene rings is 1. The first-order chi connectivity index (χ1) is 15.9. The number of hydrogen-bond donors (Lipinski definition) is 2. The second-order valence-corrected chi connectivity index (χ2v) is 10.4. The second-order valence-electron chi connectivity index (χ2n) is 10.4. The molecule has 1 aliphatic carbocycles. The van der Waals surface area contributed by atoms with Gasteiger partial charge in [-0.15, -0.1) is 0 Å². The summed E-state index contributed by atoms with van der Waals surface area (Å²) in [6, 6.07) is 1.01. The summed E-state index contributed by atoms with van der Waals surface area (Å²) in [5, 5.41) is 2.67. The number of aryl methyl sites for hydroxylation is 1. The number of carbonyl (C=O) groups is 1. The number of aromatic nitrogens is 2. The predicted molar refractivity (Wildman–Crippen MR) is 125 cm³/mol. The number of carbonyl (C=O) groups excluding carboxylic acids is 1. The first-order valence-corrected chi connectivity index (χ1v) is 11.4. The van der Waals surface area contributed by atoms with Gasteiger partial charge in [0.25, 0.3) is 5.56 Å². The van der Waals surface area contributed by atoms with E-state index in [0.29, 0.717) is 28.7 Å². The Morgan fingerprint density at radius 3 is 2.59 bits per heavy atom. The third kappa shape index (κ3) is 4.23. The predicted octanol–water partition coefficient (Wildman–Crippen LogP) is 2.35. The largest absolute Gasteiger partial charge is 0.444 e. The van der Waals surface area contributed by atoms with Crippen LogP contribution >= 0.6 is 0 Å². The molecule has 2 fully saturated rings. The molecular formula is C23H31F2N5O4. The summed E-state index contributed by atoms with van der Waals surface area (Å²) in [6.07, 6.45) is 1.28. The first-order valence-electron chi connectivity index (χ1n) is 11.4. The van der Waals surface area contributed by atoms with Gasteiger partial charge in [-0.25, -0.2) is 14.0 Å². The number of fused-ring (bicyclic) bond motifs is 1. The molecule has 34 heavy (non-hydrogen) atoms. The van der Waals surface area contributed by atoms with Gasteiger partial charge >= 0.3 is 11.8 Å². The van der Waals surface area contributed by atoms with Gasteiger partial charge in [-0.3, -0.25) is 13.8 Å². The zero-order valence-corrected chi connectivity index (χ0v) is 19.9. The SMILES string of the molecule is Cc1c(N2CC[C@](CF)(CNC(=O)OC(C)(C)C)C2)c(F)cc2c(=O)n(N)c(=O)n(C3CC3)c12. The molecule has 1 amide bonds. The summed E-state index contributed by atoms with van der Waals surface area (Å²) < 4.78 is 36.8. The Kier molecular flexibility index (Phi) is 5.85. The molecule has 0 radical (unpaired) electrons. The molecule has 9 nitrogen and oxygen atoms in total. The fourth-order valence-electron chi connectivity index (χ4n) is 4.72. The number of ether oxygens (including phenoxy) is 1. The van der Waals surface area contributed by atoms with Gasteiger partial charge in [0.2, 0.25) is 0 Å². The van der Waals surface area contributed by atoms with E-state index < -0.39 is 40.9 Å². The van der Waals surface area contributed by atoms with Crippen LogP contribution in [-0.2, 0) is 4.74 Å². The van der Waals surface area contributed by atoms with Crippen LogP contribution < -0.4 is 27.3 Å². The Bertz CT molecular complexity index is 1260. The van der Waals surface area contributed by atoms with E-state index in [9.17, 15) is 18.8 Å². The highest BCUT2D eigenvalue weighted by Gasteiger charge is 2.41. The second kappa shape index (κ2) is 8.28. The van der Waals surface area contributed by atoms with Gasteiger partial charge < -0.3 is 20.8 Å². The standard InChI is InChI=1S/C23H31F2N5O4/c1-13-17-15(19(31)30(26)21(33)29(17)14-5-6-14)9-16(25)18(13)28-8-7-23(10-24,12-28)11-27-20(32)34-22(2,3)4/h9,14H,5-8,10-12,26H2,1-4H3,(H,27,32)/t23-/m0/s1. The van der Waals surface area contributed by atoms with Gasteiger partial charge in [0.05, 0.1) is 23.3 Å². The zero-order chi connectivity index (χ0) is 25.0. The molecule has 1 saturated carbocycles. The third-order valence-electron chi connectivity index (χ3n) is 6.52. The smallest absolute Gasteiger partial charge is 0.407 e. The van der Waals surface area contributed by atoms with Crippen molar-refractivity contribution in [2.24, 2.45) is 5.41 Å².